The van der Waals surface area contributed by atoms with Gasteiger partial charge in [0.2, 0.25) is 5.95 Å². The highest BCUT2D eigenvalue weighted by atomic mass is 35.5. The molecule has 0 bridgehead atoms. The fraction of sp³-hybridized carbons (Fsp3) is 0.143. The first-order valence-electron chi connectivity index (χ1n) is 8.67. The van der Waals surface area contributed by atoms with Crippen LogP contribution in [0.25, 0.3) is 17.0 Å². The second-order valence-corrected chi connectivity index (χ2v) is 6.72. The first-order chi connectivity index (χ1) is 13.6. The molecule has 0 amide bonds. The van der Waals surface area contributed by atoms with E-state index in [1.165, 1.54) is 0 Å². The number of methoxy groups -OCH3 is 2. The van der Waals surface area contributed by atoms with E-state index in [4.69, 9.17) is 26.1 Å². The number of fused-ring (bicyclic) bond motifs is 3. The molecule has 3 aromatic rings. The Morgan fingerprint density at radius 2 is 1.89 bits per heavy atom. The number of hydrogen-bond donors (Lipinski definition) is 2. The molecule has 0 atom stereocenters. The zero-order chi connectivity index (χ0) is 19.7. The van der Waals surface area contributed by atoms with Gasteiger partial charge in [-0.25, -0.2) is 9.97 Å². The van der Waals surface area contributed by atoms with Crippen molar-refractivity contribution in [2.75, 3.05) is 19.5 Å². The van der Waals surface area contributed by atoms with Crippen molar-refractivity contribution in [2.24, 2.45) is 0 Å². The summed E-state index contributed by atoms with van der Waals surface area (Å²) in [6.07, 6.45) is 1.81. The Bertz CT molecular complexity index is 1070. The van der Waals surface area contributed by atoms with Crippen molar-refractivity contribution in [3.05, 3.63) is 65.3 Å². The van der Waals surface area contributed by atoms with Crippen LogP contribution in [0.2, 0.25) is 5.02 Å². The van der Waals surface area contributed by atoms with E-state index in [0.29, 0.717) is 29.0 Å². The molecule has 2 heterocycles. The lowest BCUT2D eigenvalue weighted by Gasteiger charge is -2.12. The van der Waals surface area contributed by atoms with Crippen LogP contribution in [0.3, 0.4) is 0 Å². The van der Waals surface area contributed by atoms with Crippen molar-refractivity contribution < 1.29 is 9.47 Å². The first-order valence-corrected chi connectivity index (χ1v) is 9.05. The molecule has 1 aromatic heterocycles. The third-order valence-electron chi connectivity index (χ3n) is 4.56. The molecule has 0 saturated carbocycles. The summed E-state index contributed by atoms with van der Waals surface area (Å²) < 4.78 is 10.6. The summed E-state index contributed by atoms with van der Waals surface area (Å²) in [5.74, 6) is 1.77. The van der Waals surface area contributed by atoms with E-state index >= 15 is 0 Å². The zero-order valence-corrected chi connectivity index (χ0v) is 16.3. The fourth-order valence-corrected chi connectivity index (χ4v) is 3.31. The summed E-state index contributed by atoms with van der Waals surface area (Å²) in [7, 11) is 3.20. The average Bonchev–Trinajstić information content (AvgIpc) is 2.84. The molecule has 1 aliphatic heterocycles. The number of aromatic nitrogens is 2. The number of nitrogens with one attached hydrogen (secondary N) is 2. The molecule has 0 fully saturated rings. The van der Waals surface area contributed by atoms with Gasteiger partial charge in [-0.05, 0) is 24.3 Å². The molecule has 2 aromatic carbocycles. The van der Waals surface area contributed by atoms with Gasteiger partial charge in [-0.1, -0.05) is 24.2 Å². The molecule has 0 aliphatic carbocycles. The van der Waals surface area contributed by atoms with Crippen LogP contribution in [-0.2, 0) is 6.54 Å². The molecule has 1 aliphatic rings. The zero-order valence-electron chi connectivity index (χ0n) is 15.5. The molecule has 7 heteroatoms. The van der Waals surface area contributed by atoms with Crippen LogP contribution in [0.1, 0.15) is 11.1 Å². The number of nitrogens with zero attached hydrogens (tertiary/aromatic N) is 2. The Morgan fingerprint density at radius 1 is 1.07 bits per heavy atom. The first kappa shape index (κ1) is 18.1. The van der Waals surface area contributed by atoms with Crippen molar-refractivity contribution in [1.82, 2.24) is 15.3 Å². The minimum atomic E-state index is 0.486. The quantitative estimate of drug-likeness (QED) is 0.672. The lowest BCUT2D eigenvalue weighted by Crippen LogP contribution is -2.09. The van der Waals surface area contributed by atoms with Crippen molar-refractivity contribution >= 4 is 28.9 Å². The third kappa shape index (κ3) is 3.34. The van der Waals surface area contributed by atoms with Crippen molar-refractivity contribution in [1.29, 1.82) is 0 Å². The van der Waals surface area contributed by atoms with Gasteiger partial charge < -0.3 is 20.1 Å². The number of anilines is 2. The maximum atomic E-state index is 6.18. The lowest BCUT2D eigenvalue weighted by molar-refractivity contribution is 0.355. The highest BCUT2D eigenvalue weighted by Crippen LogP contribution is 2.35. The van der Waals surface area contributed by atoms with E-state index in [-0.39, 0.29) is 0 Å². The summed E-state index contributed by atoms with van der Waals surface area (Å²) >= 11 is 6.18. The summed E-state index contributed by atoms with van der Waals surface area (Å²) in [4.78, 5) is 9.21. The highest BCUT2D eigenvalue weighted by molar-refractivity contribution is 6.30. The van der Waals surface area contributed by atoms with Gasteiger partial charge >= 0.3 is 0 Å². The number of halogens is 1. The number of benzene rings is 2. The van der Waals surface area contributed by atoms with E-state index < -0.39 is 0 Å². The van der Waals surface area contributed by atoms with Gasteiger partial charge in [0.05, 0.1) is 19.9 Å². The van der Waals surface area contributed by atoms with Crippen LogP contribution >= 0.6 is 11.6 Å². The minimum absolute atomic E-state index is 0.486. The Hall–Kier alpha value is -3.25. The topological polar surface area (TPSA) is 68.3 Å². The van der Waals surface area contributed by atoms with Gasteiger partial charge in [0, 0.05) is 51.9 Å². The summed E-state index contributed by atoms with van der Waals surface area (Å²) in [5, 5.41) is 7.18. The second-order valence-electron chi connectivity index (χ2n) is 6.28. The highest BCUT2D eigenvalue weighted by Gasteiger charge is 2.19. The van der Waals surface area contributed by atoms with Gasteiger partial charge in [0.25, 0.3) is 0 Å². The molecular weight excluding hydrogens is 376 g/mol. The third-order valence-corrected chi connectivity index (χ3v) is 4.79. The summed E-state index contributed by atoms with van der Waals surface area (Å²) in [6.45, 7) is 4.70. The smallest absolute Gasteiger partial charge is 0.227 e. The van der Waals surface area contributed by atoms with Gasteiger partial charge in [-0.3, -0.25) is 0 Å². The molecule has 28 heavy (non-hydrogen) atoms. The average molecular weight is 395 g/mol. The predicted molar refractivity (Wildman–Crippen MR) is 111 cm³/mol. The monoisotopic (exact) mass is 394 g/mol. The van der Waals surface area contributed by atoms with Crippen LogP contribution in [0.4, 0.5) is 11.6 Å². The second kappa shape index (κ2) is 7.40. The molecule has 0 spiro atoms. The number of ether oxygens (including phenoxy) is 2. The number of hydrogen-bond acceptors (Lipinski definition) is 6. The van der Waals surface area contributed by atoms with E-state index in [2.05, 4.69) is 22.2 Å². The normalized spacial score (nSPS) is 12.3. The largest absolute Gasteiger partial charge is 0.493 e. The van der Waals surface area contributed by atoms with Crippen LogP contribution in [0, 0.1) is 0 Å². The SMILES string of the molecule is C=C1NCc2cnc(Nc3ccc(OC)c(OC)c3)nc2-c2ccc(Cl)cc21. The van der Waals surface area contributed by atoms with Gasteiger partial charge in [0.15, 0.2) is 11.5 Å². The Balaban J connectivity index is 1.73. The van der Waals surface area contributed by atoms with E-state index in [9.17, 15) is 0 Å². The van der Waals surface area contributed by atoms with E-state index in [1.54, 1.807) is 14.2 Å². The van der Waals surface area contributed by atoms with Crippen molar-refractivity contribution in [3.63, 3.8) is 0 Å². The number of rotatable bonds is 4. The van der Waals surface area contributed by atoms with Crippen molar-refractivity contribution in [3.8, 4) is 22.8 Å². The Labute approximate surface area is 168 Å². The van der Waals surface area contributed by atoms with Crippen LogP contribution in [0.5, 0.6) is 11.5 Å². The Morgan fingerprint density at radius 3 is 2.68 bits per heavy atom. The fourth-order valence-electron chi connectivity index (χ4n) is 3.14. The molecule has 0 saturated heterocycles. The molecule has 6 nitrogen and oxygen atoms in total. The lowest BCUT2D eigenvalue weighted by atomic mass is 10.0. The predicted octanol–water partition coefficient (Wildman–Crippen LogP) is 4.63. The standard InChI is InChI=1S/C21H19ClN4O2/c1-12-17-8-14(22)4-6-16(17)20-13(10-23-12)11-24-21(26-20)25-15-5-7-18(27-2)19(9-15)28-3/h4-9,11,23H,1,10H2,2-3H3,(H,24,25,26). The van der Waals surface area contributed by atoms with E-state index in [0.717, 1.165) is 33.8 Å². The molecule has 142 valence electrons. The van der Waals surface area contributed by atoms with Gasteiger partial charge in [-0.2, -0.15) is 0 Å². The maximum absolute atomic E-state index is 6.18. The van der Waals surface area contributed by atoms with Gasteiger partial charge in [-0.15, -0.1) is 0 Å². The molecule has 2 N–H and O–H groups in total. The van der Waals surface area contributed by atoms with E-state index in [1.807, 2.05) is 42.6 Å². The van der Waals surface area contributed by atoms with Crippen LogP contribution in [-0.4, -0.2) is 24.2 Å². The van der Waals surface area contributed by atoms with Gasteiger partial charge in [0.1, 0.15) is 0 Å². The summed E-state index contributed by atoms with van der Waals surface area (Å²) in [5.41, 5.74) is 5.33. The van der Waals surface area contributed by atoms with Crippen molar-refractivity contribution in [2.45, 2.75) is 6.54 Å². The molecule has 0 radical (unpaired) electrons. The summed E-state index contributed by atoms with van der Waals surface area (Å²) in [6, 6.07) is 11.3. The Kier molecular flexibility index (Phi) is 4.79. The molecule has 4 rings (SSSR count). The molecular formula is C21H19ClN4O2. The van der Waals surface area contributed by atoms with Crippen LogP contribution < -0.4 is 20.1 Å². The minimum Gasteiger partial charge on any atom is -0.493 e. The maximum Gasteiger partial charge on any atom is 0.227 e. The van der Waals surface area contributed by atoms with Crippen LogP contribution in [0.15, 0.2) is 49.2 Å². The molecule has 0 unspecified atom stereocenters.